The Morgan fingerprint density at radius 1 is 1.40 bits per heavy atom. The molecule has 0 saturated heterocycles. The van der Waals surface area contributed by atoms with E-state index in [-0.39, 0.29) is 0 Å². The molecule has 0 N–H and O–H groups in total. The number of furan rings is 1. The second-order valence-electron chi connectivity index (χ2n) is 3.14. The molecule has 4 nitrogen and oxygen atoms in total. The smallest absolute Gasteiger partial charge is 0.225 e. The lowest BCUT2D eigenvalue weighted by atomic mass is 10.4. The van der Waals surface area contributed by atoms with Gasteiger partial charge in [-0.05, 0) is 34.7 Å². The molecule has 0 saturated carbocycles. The largest absolute Gasteiger partial charge is 0.467 e. The van der Waals surface area contributed by atoms with Crippen molar-refractivity contribution in [1.29, 1.82) is 0 Å². The molecule has 5 heteroatoms. The monoisotopic (exact) mass is 315 g/mol. The first kappa shape index (κ1) is 10.4. The van der Waals surface area contributed by atoms with E-state index in [9.17, 15) is 0 Å². The van der Waals surface area contributed by atoms with Crippen molar-refractivity contribution >= 4 is 28.5 Å². The van der Waals surface area contributed by atoms with Crippen molar-refractivity contribution in [3.8, 4) is 0 Å². The molecule has 0 fully saturated rings. The number of aromatic nitrogens is 2. The van der Waals surface area contributed by atoms with Gasteiger partial charge in [0.1, 0.15) is 5.76 Å². The maximum Gasteiger partial charge on any atom is 0.225 e. The number of hydrogen-bond donors (Lipinski definition) is 0. The Bertz CT molecular complexity index is 413. The first-order chi connectivity index (χ1) is 7.25. The fourth-order valence-corrected chi connectivity index (χ4v) is 1.49. The van der Waals surface area contributed by atoms with Crippen LogP contribution in [0.25, 0.3) is 0 Å². The van der Waals surface area contributed by atoms with E-state index in [1.807, 2.05) is 24.1 Å². The van der Waals surface area contributed by atoms with Crippen LogP contribution >= 0.6 is 22.6 Å². The van der Waals surface area contributed by atoms with Gasteiger partial charge in [-0.25, -0.2) is 9.97 Å². The van der Waals surface area contributed by atoms with Crippen molar-refractivity contribution in [2.75, 3.05) is 11.9 Å². The molecule has 0 unspecified atom stereocenters. The van der Waals surface area contributed by atoms with E-state index in [4.69, 9.17) is 4.42 Å². The van der Waals surface area contributed by atoms with E-state index in [1.54, 1.807) is 18.7 Å². The first-order valence-corrected chi connectivity index (χ1v) is 5.54. The van der Waals surface area contributed by atoms with Gasteiger partial charge in [-0.2, -0.15) is 0 Å². The molecule has 2 aromatic rings. The highest BCUT2D eigenvalue weighted by Crippen LogP contribution is 2.10. The Morgan fingerprint density at radius 2 is 2.13 bits per heavy atom. The minimum absolute atomic E-state index is 0.674. The van der Waals surface area contributed by atoms with E-state index in [0.717, 1.165) is 9.33 Å². The number of hydrogen-bond acceptors (Lipinski definition) is 4. The molecular formula is C10H10IN3O. The molecule has 2 heterocycles. The van der Waals surface area contributed by atoms with Crippen molar-refractivity contribution < 1.29 is 4.42 Å². The topological polar surface area (TPSA) is 42.2 Å². The fourth-order valence-electron chi connectivity index (χ4n) is 1.21. The van der Waals surface area contributed by atoms with Crippen LogP contribution in [0, 0.1) is 3.57 Å². The third-order valence-electron chi connectivity index (χ3n) is 1.92. The van der Waals surface area contributed by atoms with Crippen molar-refractivity contribution in [3.05, 3.63) is 40.1 Å². The third-order valence-corrected chi connectivity index (χ3v) is 2.48. The Balaban J connectivity index is 2.08. The molecule has 0 bridgehead atoms. The van der Waals surface area contributed by atoms with Gasteiger partial charge in [-0.15, -0.1) is 0 Å². The molecule has 2 aromatic heterocycles. The van der Waals surface area contributed by atoms with Gasteiger partial charge in [-0.3, -0.25) is 0 Å². The van der Waals surface area contributed by atoms with Crippen molar-refractivity contribution in [2.45, 2.75) is 6.54 Å². The second-order valence-corrected chi connectivity index (χ2v) is 4.38. The molecule has 78 valence electrons. The van der Waals surface area contributed by atoms with Crippen LogP contribution in [-0.2, 0) is 6.54 Å². The molecule has 0 aliphatic heterocycles. The summed E-state index contributed by atoms with van der Waals surface area (Å²) in [5, 5.41) is 0. The lowest BCUT2D eigenvalue weighted by Gasteiger charge is -2.14. The highest BCUT2D eigenvalue weighted by molar-refractivity contribution is 14.1. The quantitative estimate of drug-likeness (QED) is 0.815. The number of rotatable bonds is 3. The molecule has 2 rings (SSSR count). The van der Waals surface area contributed by atoms with Crippen LogP contribution in [0.15, 0.2) is 35.2 Å². The summed E-state index contributed by atoms with van der Waals surface area (Å²) in [4.78, 5) is 10.4. The van der Waals surface area contributed by atoms with Crippen LogP contribution in [-0.4, -0.2) is 17.0 Å². The Morgan fingerprint density at radius 3 is 2.73 bits per heavy atom. The molecule has 0 spiro atoms. The SMILES string of the molecule is CN(Cc1ccco1)c1ncc(I)cn1. The van der Waals surface area contributed by atoms with Gasteiger partial charge >= 0.3 is 0 Å². The third kappa shape index (κ3) is 2.68. The van der Waals surface area contributed by atoms with Gasteiger partial charge in [-0.1, -0.05) is 0 Å². The lowest BCUT2D eigenvalue weighted by Crippen LogP contribution is -2.18. The molecule has 15 heavy (non-hydrogen) atoms. The summed E-state index contributed by atoms with van der Waals surface area (Å²) in [6, 6.07) is 3.81. The predicted molar refractivity (Wildman–Crippen MR) is 65.6 cm³/mol. The molecule has 0 aromatic carbocycles. The van der Waals surface area contributed by atoms with Gasteiger partial charge in [0.05, 0.1) is 12.8 Å². The van der Waals surface area contributed by atoms with Crippen LogP contribution in [0.2, 0.25) is 0 Å². The van der Waals surface area contributed by atoms with E-state index in [0.29, 0.717) is 12.5 Å². The molecule has 0 radical (unpaired) electrons. The van der Waals surface area contributed by atoms with Gasteiger partial charge in [0, 0.05) is 23.0 Å². The van der Waals surface area contributed by atoms with Crippen molar-refractivity contribution in [2.24, 2.45) is 0 Å². The van der Waals surface area contributed by atoms with Crippen LogP contribution in [0.4, 0.5) is 5.95 Å². The normalized spacial score (nSPS) is 10.3. The summed E-state index contributed by atoms with van der Waals surface area (Å²) in [6.07, 6.45) is 5.25. The molecule has 0 aliphatic rings. The maximum atomic E-state index is 5.25. The average Bonchev–Trinajstić information content (AvgIpc) is 2.71. The van der Waals surface area contributed by atoms with Crippen LogP contribution in [0.5, 0.6) is 0 Å². The molecule has 0 atom stereocenters. The summed E-state index contributed by atoms with van der Waals surface area (Å²) < 4.78 is 6.28. The Kier molecular flexibility index (Phi) is 3.20. The zero-order valence-corrected chi connectivity index (χ0v) is 10.4. The van der Waals surface area contributed by atoms with Gasteiger partial charge in [0.2, 0.25) is 5.95 Å². The van der Waals surface area contributed by atoms with Crippen molar-refractivity contribution in [1.82, 2.24) is 9.97 Å². The van der Waals surface area contributed by atoms with E-state index in [2.05, 4.69) is 32.6 Å². The minimum Gasteiger partial charge on any atom is -0.467 e. The van der Waals surface area contributed by atoms with E-state index in [1.165, 1.54) is 0 Å². The Labute approximate surface area is 101 Å². The summed E-state index contributed by atoms with van der Waals surface area (Å²) in [7, 11) is 1.94. The predicted octanol–water partition coefficient (Wildman–Crippen LogP) is 2.31. The van der Waals surface area contributed by atoms with Crippen LogP contribution in [0.1, 0.15) is 5.76 Å². The van der Waals surface area contributed by atoms with E-state index >= 15 is 0 Å². The van der Waals surface area contributed by atoms with E-state index < -0.39 is 0 Å². The number of halogens is 1. The van der Waals surface area contributed by atoms with Gasteiger partial charge < -0.3 is 9.32 Å². The fraction of sp³-hybridized carbons (Fsp3) is 0.200. The van der Waals surface area contributed by atoms with Gasteiger partial charge in [0.25, 0.3) is 0 Å². The molecule has 0 amide bonds. The maximum absolute atomic E-state index is 5.25. The highest BCUT2D eigenvalue weighted by atomic mass is 127. The zero-order valence-electron chi connectivity index (χ0n) is 8.22. The summed E-state index contributed by atoms with van der Waals surface area (Å²) in [5.74, 6) is 1.60. The summed E-state index contributed by atoms with van der Waals surface area (Å²) in [6.45, 7) is 0.674. The summed E-state index contributed by atoms with van der Waals surface area (Å²) >= 11 is 2.18. The highest BCUT2D eigenvalue weighted by Gasteiger charge is 2.05. The molecular weight excluding hydrogens is 305 g/mol. The minimum atomic E-state index is 0.674. The number of anilines is 1. The second kappa shape index (κ2) is 4.61. The first-order valence-electron chi connectivity index (χ1n) is 4.47. The average molecular weight is 315 g/mol. The summed E-state index contributed by atoms with van der Waals surface area (Å²) in [5.41, 5.74) is 0. The molecule has 0 aliphatic carbocycles. The van der Waals surface area contributed by atoms with Crippen molar-refractivity contribution in [3.63, 3.8) is 0 Å². The number of nitrogens with zero attached hydrogens (tertiary/aromatic N) is 3. The van der Waals surface area contributed by atoms with Crippen LogP contribution < -0.4 is 4.90 Å². The zero-order chi connectivity index (χ0) is 10.7. The van der Waals surface area contributed by atoms with Crippen LogP contribution in [0.3, 0.4) is 0 Å². The standard InChI is InChI=1S/C10H10IN3O/c1-14(7-9-3-2-4-15-9)10-12-5-8(11)6-13-10/h2-6H,7H2,1H3. The van der Waals surface area contributed by atoms with Gasteiger partial charge in [0.15, 0.2) is 0 Å². The lowest BCUT2D eigenvalue weighted by molar-refractivity contribution is 0.506. The Hall–Kier alpha value is -1.11.